The first-order chi connectivity index (χ1) is 8.90. The summed E-state index contributed by atoms with van der Waals surface area (Å²) in [4.78, 5) is 34.1. The van der Waals surface area contributed by atoms with E-state index in [1.54, 1.807) is 6.92 Å². The van der Waals surface area contributed by atoms with Crippen molar-refractivity contribution in [3.8, 4) is 0 Å². The van der Waals surface area contributed by atoms with Crippen molar-refractivity contribution in [1.29, 1.82) is 0 Å². The summed E-state index contributed by atoms with van der Waals surface area (Å²) < 4.78 is 8.51. The van der Waals surface area contributed by atoms with Crippen LogP contribution in [0.15, 0.2) is 4.99 Å². The van der Waals surface area contributed by atoms with Gasteiger partial charge in [0.25, 0.3) is 5.91 Å². The quantitative estimate of drug-likeness (QED) is 0.328. The van der Waals surface area contributed by atoms with Gasteiger partial charge in [0, 0.05) is 0 Å². The van der Waals surface area contributed by atoms with Crippen LogP contribution in [0.4, 0.5) is 0 Å². The summed E-state index contributed by atoms with van der Waals surface area (Å²) in [5, 5.41) is 13.1. The average molecular weight is 313 g/mol. The van der Waals surface area contributed by atoms with Crippen molar-refractivity contribution in [1.82, 2.24) is 5.32 Å². The number of nitrogens with zero attached hydrogens (tertiary/aromatic N) is 1. The molecule has 0 aromatic heterocycles. The molecule has 20 heavy (non-hydrogen) atoms. The van der Waals surface area contributed by atoms with E-state index in [-0.39, 0.29) is 35.5 Å². The molecule has 2 N–H and O–H groups in total. The maximum absolute atomic E-state index is 11.9. The van der Waals surface area contributed by atoms with Crippen LogP contribution < -0.4 is 40.0 Å². The molecular formula is C11H19N2NaO5P+. The van der Waals surface area contributed by atoms with Gasteiger partial charge in [-0.3, -0.25) is 9.59 Å². The van der Waals surface area contributed by atoms with E-state index in [1.165, 1.54) is 0 Å². The summed E-state index contributed by atoms with van der Waals surface area (Å²) >= 11 is 0. The zero-order valence-corrected chi connectivity index (χ0v) is 15.2. The van der Waals surface area contributed by atoms with Crippen LogP contribution in [0, 0.1) is 11.3 Å². The molecule has 0 saturated carbocycles. The van der Waals surface area contributed by atoms with Crippen LogP contribution in [-0.4, -0.2) is 22.7 Å². The Hall–Kier alpha value is -0.330. The Labute approximate surface area is 141 Å². The first-order valence-electron chi connectivity index (χ1n) is 6.03. The van der Waals surface area contributed by atoms with Gasteiger partial charge < -0.3 is 10.4 Å². The van der Waals surface area contributed by atoms with Gasteiger partial charge in [-0.25, -0.2) is 4.99 Å². The Balaban J connectivity index is 0. The molecule has 0 fully saturated rings. The predicted molar refractivity (Wildman–Crippen MR) is 68.6 cm³/mol. The van der Waals surface area contributed by atoms with Gasteiger partial charge in [0.05, 0.1) is 6.02 Å². The molecule has 2 amide bonds. The van der Waals surface area contributed by atoms with Gasteiger partial charge in [-0.15, -0.1) is 0 Å². The molecule has 1 aliphatic rings. The Bertz CT molecular complexity index is 391. The minimum absolute atomic E-state index is 0. The van der Waals surface area contributed by atoms with Crippen molar-refractivity contribution in [3.05, 3.63) is 0 Å². The molecule has 0 saturated heterocycles. The van der Waals surface area contributed by atoms with Crippen LogP contribution in [0.25, 0.3) is 0 Å². The maximum atomic E-state index is 11.9. The number of nitrogens with one attached hydrogen (secondary N) is 1. The number of hydrogen-bond acceptors (Lipinski definition) is 4. The zero-order chi connectivity index (χ0) is 15.1. The largest absolute Gasteiger partial charge is 1.00 e. The van der Waals surface area contributed by atoms with Crippen molar-refractivity contribution >= 4 is 26.5 Å². The normalized spacial score (nSPS) is 22.9. The van der Waals surface area contributed by atoms with Crippen LogP contribution in [0.3, 0.4) is 0 Å². The van der Waals surface area contributed by atoms with Crippen molar-refractivity contribution < 1.29 is 53.7 Å². The third kappa shape index (κ3) is 4.90. The first kappa shape index (κ1) is 22.0. The van der Waals surface area contributed by atoms with Crippen LogP contribution in [0.1, 0.15) is 40.0 Å². The SMILES string of the molecule is CCCC(C)C1(CC)C(=O)N=C([O-])NC1=O.O=[PH+]O.[Na+]. The molecule has 0 aromatic rings. The van der Waals surface area contributed by atoms with E-state index >= 15 is 0 Å². The fraction of sp³-hybridized carbons (Fsp3) is 0.727. The summed E-state index contributed by atoms with van der Waals surface area (Å²) in [6.07, 6.45) is 2.02. The second-order valence-corrected chi connectivity index (χ2v) is 4.46. The molecule has 1 rings (SSSR count). The van der Waals surface area contributed by atoms with Crippen LogP contribution in [0.2, 0.25) is 0 Å². The number of aliphatic imine (C=N–C) groups is 1. The van der Waals surface area contributed by atoms with E-state index in [4.69, 9.17) is 9.46 Å². The van der Waals surface area contributed by atoms with Gasteiger partial charge in [0.2, 0.25) is 5.91 Å². The minimum Gasteiger partial charge on any atom is -0.846 e. The molecule has 7 nitrogen and oxygen atoms in total. The molecule has 0 aromatic carbocycles. The van der Waals surface area contributed by atoms with E-state index in [0.29, 0.717) is 6.42 Å². The summed E-state index contributed by atoms with van der Waals surface area (Å²) in [5.41, 5.74) is -1.15. The third-order valence-corrected chi connectivity index (χ3v) is 3.33. The standard InChI is InChI=1S/C11H18N2O3.Na.HO2P/c1-4-6-7(3)11(5-2)8(14)12-10(16)13-9(11)15;;1-3-2/h7H,4-6H2,1-3H3,(H2,12,13,14,15,16);;3H/q;+1;. The number of rotatable bonds is 4. The van der Waals surface area contributed by atoms with E-state index in [0.717, 1.165) is 12.8 Å². The fourth-order valence-electron chi connectivity index (χ4n) is 2.30. The molecule has 1 heterocycles. The topological polar surface area (TPSA) is 119 Å². The van der Waals surface area contributed by atoms with Gasteiger partial charge in [-0.2, -0.15) is 4.89 Å². The number of hydrogen-bond donors (Lipinski definition) is 2. The monoisotopic (exact) mass is 313 g/mol. The zero-order valence-electron chi connectivity index (χ0n) is 12.2. The summed E-state index contributed by atoms with van der Waals surface area (Å²) in [6, 6.07) is -0.845. The van der Waals surface area contributed by atoms with Gasteiger partial charge in [0.15, 0.2) is 0 Å². The van der Waals surface area contributed by atoms with Crippen molar-refractivity contribution in [2.75, 3.05) is 0 Å². The predicted octanol–water partition coefficient (Wildman–Crippen LogP) is -2.89. The molecule has 3 unspecified atom stereocenters. The summed E-state index contributed by atoms with van der Waals surface area (Å²) in [7, 11) is -1.17. The summed E-state index contributed by atoms with van der Waals surface area (Å²) in [6.45, 7) is 5.62. The van der Waals surface area contributed by atoms with Gasteiger partial charge >= 0.3 is 38.2 Å². The van der Waals surface area contributed by atoms with E-state index in [9.17, 15) is 14.7 Å². The number of carbonyl (C=O) groups is 2. The molecule has 0 spiro atoms. The fourth-order valence-corrected chi connectivity index (χ4v) is 2.30. The number of amidine groups is 1. The molecule has 3 atom stereocenters. The van der Waals surface area contributed by atoms with Crippen LogP contribution in [0.5, 0.6) is 0 Å². The molecular weight excluding hydrogens is 294 g/mol. The molecule has 108 valence electrons. The minimum atomic E-state index is -1.17. The van der Waals surface area contributed by atoms with E-state index in [1.807, 2.05) is 13.8 Å². The van der Waals surface area contributed by atoms with Crippen molar-refractivity contribution in [2.24, 2.45) is 16.3 Å². The van der Waals surface area contributed by atoms with Gasteiger partial charge in [-0.1, -0.05) is 27.2 Å². The molecule has 1 aliphatic heterocycles. The molecule has 0 radical (unpaired) electrons. The van der Waals surface area contributed by atoms with Gasteiger partial charge in [-0.05, 0) is 23.3 Å². The van der Waals surface area contributed by atoms with Crippen LogP contribution in [-0.2, 0) is 14.2 Å². The maximum Gasteiger partial charge on any atom is 1.00 e. The smallest absolute Gasteiger partial charge is 0.846 e. The van der Waals surface area contributed by atoms with Crippen LogP contribution >= 0.6 is 8.69 Å². The molecule has 9 heteroatoms. The van der Waals surface area contributed by atoms with E-state index < -0.39 is 31.9 Å². The Morgan fingerprint density at radius 1 is 1.45 bits per heavy atom. The Morgan fingerprint density at radius 2 is 1.95 bits per heavy atom. The Morgan fingerprint density at radius 3 is 2.30 bits per heavy atom. The Kier molecular flexibility index (Phi) is 11.4. The van der Waals surface area contributed by atoms with Crippen molar-refractivity contribution in [3.63, 3.8) is 0 Å². The molecule has 0 bridgehead atoms. The number of amides is 2. The first-order valence-corrected chi connectivity index (χ1v) is 6.88. The second kappa shape index (κ2) is 10.4. The van der Waals surface area contributed by atoms with Crippen molar-refractivity contribution in [2.45, 2.75) is 40.0 Å². The average Bonchev–Trinajstić information content (AvgIpc) is 2.30. The molecule has 0 aliphatic carbocycles. The number of carbonyl (C=O) groups excluding carboxylic acids is 2. The summed E-state index contributed by atoms with van der Waals surface area (Å²) in [5.74, 6) is -1.20. The second-order valence-electron chi connectivity index (χ2n) is 4.28. The van der Waals surface area contributed by atoms with Gasteiger partial charge in [0.1, 0.15) is 5.41 Å². The van der Waals surface area contributed by atoms with E-state index in [2.05, 4.69) is 10.3 Å². The third-order valence-electron chi connectivity index (χ3n) is 3.33.